The monoisotopic (exact) mass is 484 g/mol. The summed E-state index contributed by atoms with van der Waals surface area (Å²) in [6.45, 7) is 7.55. The van der Waals surface area contributed by atoms with Crippen LogP contribution in [0.5, 0.6) is 11.6 Å². The van der Waals surface area contributed by atoms with Crippen LogP contribution in [-0.4, -0.2) is 25.4 Å². The second-order valence-electron chi connectivity index (χ2n) is 9.44. The van der Waals surface area contributed by atoms with Crippen LogP contribution in [-0.2, 0) is 17.6 Å². The van der Waals surface area contributed by atoms with Crippen molar-refractivity contribution in [2.75, 3.05) is 7.11 Å². The Bertz CT molecular complexity index is 1170. The molecule has 0 aliphatic heterocycles. The molecule has 0 unspecified atom stereocenters. The lowest BCUT2D eigenvalue weighted by molar-refractivity contribution is 0.256. The van der Waals surface area contributed by atoms with Crippen molar-refractivity contribution >= 4 is 18.7 Å². The second-order valence-corrected chi connectivity index (χ2v) is 13.7. The van der Waals surface area contributed by atoms with Crippen LogP contribution in [0.4, 0.5) is 0 Å². The highest BCUT2D eigenvalue weighted by atomic mass is 28.4. The van der Waals surface area contributed by atoms with Crippen LogP contribution in [0.3, 0.4) is 0 Å². The molecule has 5 nitrogen and oxygen atoms in total. The van der Waals surface area contributed by atoms with Gasteiger partial charge < -0.3 is 13.9 Å². The summed E-state index contributed by atoms with van der Waals surface area (Å²) in [5.74, 6) is 1.35. The van der Waals surface area contributed by atoms with Gasteiger partial charge in [0.15, 0.2) is 0 Å². The van der Waals surface area contributed by atoms with Crippen LogP contribution in [0.2, 0.25) is 5.04 Å². The van der Waals surface area contributed by atoms with E-state index in [1.54, 1.807) is 13.3 Å². The molecular formula is C29H32N2O3Si. The molecule has 0 saturated heterocycles. The van der Waals surface area contributed by atoms with E-state index in [9.17, 15) is 0 Å². The van der Waals surface area contributed by atoms with Gasteiger partial charge in [-0.2, -0.15) is 0 Å². The first-order valence-electron chi connectivity index (χ1n) is 11.7. The van der Waals surface area contributed by atoms with Crippen LogP contribution < -0.4 is 19.8 Å². The number of methoxy groups -OCH3 is 1. The number of rotatable bonds is 9. The standard InChI is InChI=1S/C29H32N2O3Si/c1-29(2,3)35(26-11-7-5-8-12-26,27-13-9-6-10-14-27)34-21-24-19-30-22-31-28(24)33-20-23-15-17-25(32-4)18-16-23/h5-19,22H,20-21H2,1-4H3. The maximum absolute atomic E-state index is 7.04. The molecule has 0 atom stereocenters. The molecule has 180 valence electrons. The van der Waals surface area contributed by atoms with Crippen molar-refractivity contribution < 1.29 is 13.9 Å². The molecule has 0 fully saturated rings. The van der Waals surface area contributed by atoms with Gasteiger partial charge in [0, 0.05) is 6.20 Å². The van der Waals surface area contributed by atoms with Crippen molar-refractivity contribution in [2.24, 2.45) is 0 Å². The lowest BCUT2D eigenvalue weighted by Crippen LogP contribution is -2.66. The van der Waals surface area contributed by atoms with Gasteiger partial charge in [0.25, 0.3) is 8.32 Å². The fraction of sp³-hybridized carbons (Fsp3) is 0.241. The minimum Gasteiger partial charge on any atom is -0.497 e. The third-order valence-electron chi connectivity index (χ3n) is 6.14. The molecule has 0 bridgehead atoms. The summed E-state index contributed by atoms with van der Waals surface area (Å²) >= 11 is 0. The fourth-order valence-corrected chi connectivity index (χ4v) is 8.92. The average molecular weight is 485 g/mol. The highest BCUT2D eigenvalue weighted by Crippen LogP contribution is 2.37. The predicted molar refractivity (Wildman–Crippen MR) is 142 cm³/mol. The van der Waals surface area contributed by atoms with Crippen molar-refractivity contribution in [3.63, 3.8) is 0 Å². The number of hydrogen-bond donors (Lipinski definition) is 0. The summed E-state index contributed by atoms with van der Waals surface area (Å²) in [4.78, 5) is 8.67. The third-order valence-corrected chi connectivity index (χ3v) is 11.1. The van der Waals surface area contributed by atoms with Gasteiger partial charge >= 0.3 is 0 Å². The molecule has 0 aliphatic rings. The van der Waals surface area contributed by atoms with Gasteiger partial charge in [-0.3, -0.25) is 0 Å². The van der Waals surface area contributed by atoms with Gasteiger partial charge in [0.05, 0.1) is 19.3 Å². The molecule has 0 spiro atoms. The Morgan fingerprint density at radius 2 is 1.37 bits per heavy atom. The zero-order valence-corrected chi connectivity index (χ0v) is 21.8. The van der Waals surface area contributed by atoms with Crippen molar-refractivity contribution in [2.45, 2.75) is 39.0 Å². The number of aromatic nitrogens is 2. The Labute approximate surface area is 208 Å². The van der Waals surface area contributed by atoms with Crippen LogP contribution >= 0.6 is 0 Å². The minimum atomic E-state index is -2.68. The van der Waals surface area contributed by atoms with Crippen LogP contribution in [0.1, 0.15) is 31.9 Å². The average Bonchev–Trinajstić information content (AvgIpc) is 2.89. The lowest BCUT2D eigenvalue weighted by atomic mass is 10.2. The number of nitrogens with zero attached hydrogens (tertiary/aromatic N) is 2. The topological polar surface area (TPSA) is 53.5 Å². The molecule has 4 rings (SSSR count). The normalized spacial score (nSPS) is 11.8. The number of hydrogen-bond acceptors (Lipinski definition) is 5. The molecule has 6 heteroatoms. The minimum absolute atomic E-state index is 0.116. The third kappa shape index (κ3) is 5.44. The maximum Gasteiger partial charge on any atom is 0.261 e. The molecule has 4 aromatic rings. The van der Waals surface area contributed by atoms with Crippen molar-refractivity contribution in [3.8, 4) is 11.6 Å². The first-order valence-corrected chi connectivity index (χ1v) is 13.6. The summed E-state index contributed by atoms with van der Waals surface area (Å²) in [6, 6.07) is 29.0. The highest BCUT2D eigenvalue weighted by Gasteiger charge is 2.50. The zero-order valence-electron chi connectivity index (χ0n) is 20.8. The van der Waals surface area contributed by atoms with Gasteiger partial charge in [-0.15, -0.1) is 0 Å². The lowest BCUT2D eigenvalue weighted by Gasteiger charge is -2.43. The summed E-state index contributed by atoms with van der Waals surface area (Å²) in [5.41, 5.74) is 1.86. The molecular weight excluding hydrogens is 452 g/mol. The predicted octanol–water partition coefficient (Wildman–Crippen LogP) is 5.14. The zero-order chi connectivity index (χ0) is 24.7. The largest absolute Gasteiger partial charge is 0.497 e. The molecule has 1 heterocycles. The fourth-order valence-electron chi connectivity index (χ4n) is 4.40. The van der Waals surface area contributed by atoms with Crippen LogP contribution in [0.25, 0.3) is 0 Å². The Kier molecular flexibility index (Phi) is 7.63. The number of benzene rings is 3. The van der Waals surface area contributed by atoms with Gasteiger partial charge in [-0.05, 0) is 33.1 Å². The molecule has 1 aromatic heterocycles. The van der Waals surface area contributed by atoms with Gasteiger partial charge in [0.1, 0.15) is 18.7 Å². The smallest absolute Gasteiger partial charge is 0.261 e. The van der Waals surface area contributed by atoms with Gasteiger partial charge in [-0.25, -0.2) is 9.97 Å². The summed E-state index contributed by atoms with van der Waals surface area (Å²) in [6.07, 6.45) is 3.30. The van der Waals surface area contributed by atoms with Gasteiger partial charge in [-0.1, -0.05) is 93.6 Å². The molecule has 0 aliphatic carbocycles. The first-order chi connectivity index (χ1) is 16.9. The van der Waals surface area contributed by atoms with E-state index in [0.29, 0.717) is 19.1 Å². The van der Waals surface area contributed by atoms with E-state index in [2.05, 4.69) is 79.3 Å². The van der Waals surface area contributed by atoms with E-state index in [-0.39, 0.29) is 5.04 Å². The van der Waals surface area contributed by atoms with E-state index in [1.807, 2.05) is 36.4 Å². The number of ether oxygens (including phenoxy) is 2. The highest BCUT2D eigenvalue weighted by molar-refractivity contribution is 6.99. The van der Waals surface area contributed by atoms with Crippen molar-refractivity contribution in [3.05, 3.63) is 109 Å². The van der Waals surface area contributed by atoms with E-state index >= 15 is 0 Å². The van der Waals surface area contributed by atoms with Crippen LogP contribution in [0, 0.1) is 0 Å². The van der Waals surface area contributed by atoms with E-state index in [4.69, 9.17) is 13.9 Å². The second kappa shape index (κ2) is 10.8. The molecule has 0 radical (unpaired) electrons. The van der Waals surface area contributed by atoms with E-state index in [0.717, 1.165) is 16.9 Å². The first kappa shape index (κ1) is 24.6. The van der Waals surface area contributed by atoms with Crippen molar-refractivity contribution in [1.82, 2.24) is 9.97 Å². The Hall–Kier alpha value is -3.48. The molecule has 35 heavy (non-hydrogen) atoms. The summed E-state index contributed by atoms with van der Waals surface area (Å²) in [7, 11) is -1.02. The Morgan fingerprint density at radius 3 is 1.91 bits per heavy atom. The van der Waals surface area contributed by atoms with Gasteiger partial charge in [0.2, 0.25) is 5.88 Å². The molecule has 0 saturated carbocycles. The maximum atomic E-state index is 7.04. The quantitative estimate of drug-likeness (QED) is 0.308. The Balaban J connectivity index is 1.63. The molecule has 0 N–H and O–H groups in total. The summed E-state index contributed by atoms with van der Waals surface area (Å²) in [5, 5.41) is 2.35. The SMILES string of the molecule is COc1ccc(COc2ncncc2CO[Si](c2ccccc2)(c2ccccc2)C(C)(C)C)cc1. The van der Waals surface area contributed by atoms with E-state index < -0.39 is 8.32 Å². The van der Waals surface area contributed by atoms with Crippen LogP contribution in [0.15, 0.2) is 97.5 Å². The molecule has 3 aromatic carbocycles. The summed E-state index contributed by atoms with van der Waals surface area (Å²) < 4.78 is 18.4. The molecule has 0 amide bonds. The van der Waals surface area contributed by atoms with Crippen molar-refractivity contribution in [1.29, 1.82) is 0 Å². The van der Waals surface area contributed by atoms with E-state index in [1.165, 1.54) is 16.7 Å². The Morgan fingerprint density at radius 1 is 0.771 bits per heavy atom.